The van der Waals surface area contributed by atoms with Crippen molar-refractivity contribution in [2.24, 2.45) is 0 Å². The molecule has 0 amide bonds. The largest absolute Gasteiger partial charge is 0.369 e. The topological polar surface area (TPSA) is 71.3 Å². The van der Waals surface area contributed by atoms with Crippen LogP contribution in [0.1, 0.15) is 12.0 Å². The molecule has 1 saturated heterocycles. The second kappa shape index (κ2) is 6.70. The van der Waals surface area contributed by atoms with E-state index < -0.39 is 10.9 Å². The van der Waals surface area contributed by atoms with E-state index in [4.69, 9.17) is 0 Å². The van der Waals surface area contributed by atoms with Gasteiger partial charge in [0.2, 0.25) is 5.95 Å². The zero-order valence-corrected chi connectivity index (χ0v) is 12.5. The lowest BCUT2D eigenvalue weighted by Crippen LogP contribution is -2.32. The molecule has 1 N–H and O–H groups in total. The molecule has 1 fully saturated rings. The first-order valence-electron chi connectivity index (χ1n) is 7.45. The number of nitro benzene ring substituents is 1. The summed E-state index contributed by atoms with van der Waals surface area (Å²) in [6, 6.07) is 10.00. The van der Waals surface area contributed by atoms with Gasteiger partial charge in [0.05, 0.1) is 16.8 Å². The molecule has 0 bridgehead atoms. The van der Waals surface area contributed by atoms with Gasteiger partial charge < -0.3 is 10.2 Å². The Hall–Kier alpha value is -2.54. The van der Waals surface area contributed by atoms with Crippen molar-refractivity contribution in [2.75, 3.05) is 18.0 Å². The Kier molecular flexibility index (Phi) is 4.47. The van der Waals surface area contributed by atoms with Gasteiger partial charge in [-0.05, 0) is 24.1 Å². The van der Waals surface area contributed by atoms with Crippen LogP contribution in [0.3, 0.4) is 0 Å². The highest BCUT2D eigenvalue weighted by Gasteiger charge is 2.22. The summed E-state index contributed by atoms with van der Waals surface area (Å²) in [6.45, 7) is 2.39. The maximum absolute atomic E-state index is 12.9. The molecule has 7 heteroatoms. The van der Waals surface area contributed by atoms with E-state index in [1.54, 1.807) is 24.4 Å². The highest BCUT2D eigenvalue weighted by atomic mass is 19.1. The summed E-state index contributed by atoms with van der Waals surface area (Å²) in [4.78, 5) is 16.1. The monoisotopic (exact) mass is 316 g/mol. The number of non-ortho nitro benzene ring substituents is 1. The molecule has 1 atom stereocenters. The predicted octanol–water partition coefficient (Wildman–Crippen LogP) is 2.50. The number of nitro groups is 1. The maximum atomic E-state index is 12.9. The molecule has 1 aliphatic rings. The van der Waals surface area contributed by atoms with Crippen LogP contribution >= 0.6 is 0 Å². The Morgan fingerprint density at radius 3 is 2.74 bits per heavy atom. The maximum Gasteiger partial charge on any atom is 0.269 e. The summed E-state index contributed by atoms with van der Waals surface area (Å²) in [6.07, 6.45) is 2.54. The van der Waals surface area contributed by atoms with E-state index in [1.165, 1.54) is 18.2 Å². The molecule has 6 nitrogen and oxygen atoms in total. The Balaban J connectivity index is 1.52. The summed E-state index contributed by atoms with van der Waals surface area (Å²) < 4.78 is 12.9. The number of rotatable bonds is 5. The van der Waals surface area contributed by atoms with Crippen LogP contribution in [0.15, 0.2) is 42.6 Å². The van der Waals surface area contributed by atoms with E-state index in [0.717, 1.165) is 30.8 Å². The minimum absolute atomic E-state index is 0.101. The molecule has 120 valence electrons. The smallest absolute Gasteiger partial charge is 0.269 e. The Bertz CT molecular complexity index is 675. The second-order valence-corrected chi connectivity index (χ2v) is 5.58. The fraction of sp³-hybridized carbons (Fsp3) is 0.312. The van der Waals surface area contributed by atoms with Gasteiger partial charge in [-0.2, -0.15) is 4.39 Å². The quantitative estimate of drug-likeness (QED) is 0.521. The molecule has 1 aliphatic heterocycles. The van der Waals surface area contributed by atoms with Crippen LogP contribution in [0.4, 0.5) is 15.8 Å². The fourth-order valence-electron chi connectivity index (χ4n) is 2.71. The van der Waals surface area contributed by atoms with Gasteiger partial charge >= 0.3 is 0 Å². The van der Waals surface area contributed by atoms with Crippen molar-refractivity contribution in [3.05, 3.63) is 64.2 Å². The average molecular weight is 316 g/mol. The zero-order valence-electron chi connectivity index (χ0n) is 12.5. The molecule has 0 spiro atoms. The molecule has 2 aromatic rings. The van der Waals surface area contributed by atoms with Crippen LogP contribution in [-0.2, 0) is 6.54 Å². The molecular weight excluding hydrogens is 299 g/mol. The fourth-order valence-corrected chi connectivity index (χ4v) is 2.71. The lowest BCUT2D eigenvalue weighted by atomic mass is 10.2. The normalized spacial score (nSPS) is 17.4. The Labute approximate surface area is 133 Å². The summed E-state index contributed by atoms with van der Waals surface area (Å²) in [7, 11) is 0. The van der Waals surface area contributed by atoms with Crippen LogP contribution < -0.4 is 10.2 Å². The third kappa shape index (κ3) is 3.81. The minimum atomic E-state index is -0.471. The van der Waals surface area contributed by atoms with E-state index in [9.17, 15) is 14.5 Å². The molecule has 0 radical (unpaired) electrons. The highest BCUT2D eigenvalue weighted by molar-refractivity contribution is 5.45. The number of pyridine rings is 1. The zero-order chi connectivity index (χ0) is 16.2. The number of nitrogens with one attached hydrogen (secondary N) is 1. The Morgan fingerprint density at radius 1 is 1.30 bits per heavy atom. The third-order valence-corrected chi connectivity index (χ3v) is 4.01. The minimum Gasteiger partial charge on any atom is -0.369 e. The van der Waals surface area contributed by atoms with E-state index in [0.29, 0.717) is 12.6 Å². The van der Waals surface area contributed by atoms with Crippen LogP contribution in [0.2, 0.25) is 0 Å². The molecule has 1 aromatic carbocycles. The van der Waals surface area contributed by atoms with Gasteiger partial charge in [-0.15, -0.1) is 0 Å². The second-order valence-electron chi connectivity index (χ2n) is 5.58. The van der Waals surface area contributed by atoms with E-state index in [1.807, 2.05) is 0 Å². The molecule has 23 heavy (non-hydrogen) atoms. The molecular formula is C16H17FN4O2. The van der Waals surface area contributed by atoms with Gasteiger partial charge in [0.15, 0.2) is 0 Å². The molecule has 1 unspecified atom stereocenters. The van der Waals surface area contributed by atoms with Crippen molar-refractivity contribution >= 4 is 11.4 Å². The molecule has 1 aromatic heterocycles. The number of hydrogen-bond donors (Lipinski definition) is 1. The predicted molar refractivity (Wildman–Crippen MR) is 84.7 cm³/mol. The number of aromatic nitrogens is 1. The molecule has 0 aliphatic carbocycles. The Morgan fingerprint density at radius 2 is 2.09 bits per heavy atom. The van der Waals surface area contributed by atoms with E-state index in [-0.39, 0.29) is 5.69 Å². The van der Waals surface area contributed by atoms with Crippen molar-refractivity contribution < 1.29 is 9.31 Å². The van der Waals surface area contributed by atoms with E-state index >= 15 is 0 Å². The highest BCUT2D eigenvalue weighted by Crippen LogP contribution is 2.20. The van der Waals surface area contributed by atoms with Crippen molar-refractivity contribution in [1.29, 1.82) is 0 Å². The van der Waals surface area contributed by atoms with Crippen molar-refractivity contribution in [1.82, 2.24) is 10.3 Å². The average Bonchev–Trinajstić information content (AvgIpc) is 3.03. The first kappa shape index (κ1) is 15.4. The first-order valence-corrected chi connectivity index (χ1v) is 7.45. The van der Waals surface area contributed by atoms with Crippen LogP contribution in [0.5, 0.6) is 0 Å². The third-order valence-electron chi connectivity index (χ3n) is 4.01. The number of nitrogens with zero attached hydrogens (tertiary/aromatic N) is 3. The lowest BCUT2D eigenvalue weighted by molar-refractivity contribution is -0.384. The summed E-state index contributed by atoms with van der Waals surface area (Å²) in [5.74, 6) is -0.471. The van der Waals surface area contributed by atoms with Gasteiger partial charge in [0.1, 0.15) is 0 Å². The van der Waals surface area contributed by atoms with Gasteiger partial charge in [-0.1, -0.05) is 12.1 Å². The number of anilines is 1. The van der Waals surface area contributed by atoms with Gasteiger partial charge in [0, 0.05) is 37.8 Å². The van der Waals surface area contributed by atoms with Crippen LogP contribution in [0.25, 0.3) is 0 Å². The van der Waals surface area contributed by atoms with Gasteiger partial charge in [-0.25, -0.2) is 4.98 Å². The molecule has 0 saturated carbocycles. The van der Waals surface area contributed by atoms with Crippen LogP contribution in [0, 0.1) is 16.1 Å². The molecule has 2 heterocycles. The van der Waals surface area contributed by atoms with Gasteiger partial charge in [0.25, 0.3) is 5.69 Å². The van der Waals surface area contributed by atoms with Crippen LogP contribution in [-0.4, -0.2) is 29.0 Å². The number of halogens is 1. The summed E-state index contributed by atoms with van der Waals surface area (Å²) in [5.41, 5.74) is 2.04. The summed E-state index contributed by atoms with van der Waals surface area (Å²) >= 11 is 0. The van der Waals surface area contributed by atoms with Crippen molar-refractivity contribution in [2.45, 2.75) is 19.0 Å². The van der Waals surface area contributed by atoms with Crippen molar-refractivity contribution in [3.8, 4) is 0 Å². The van der Waals surface area contributed by atoms with Crippen molar-refractivity contribution in [3.63, 3.8) is 0 Å². The van der Waals surface area contributed by atoms with Gasteiger partial charge in [-0.3, -0.25) is 10.1 Å². The number of hydrogen-bond acceptors (Lipinski definition) is 5. The first-order chi connectivity index (χ1) is 11.1. The standard InChI is InChI=1S/C16H17FN4O2/c17-16-6-5-15(10-19-16)20-8-7-13(11-20)18-9-12-1-3-14(4-2-12)21(22)23/h1-6,10,13,18H,7-9,11H2. The van der Waals surface area contributed by atoms with E-state index in [2.05, 4.69) is 15.2 Å². The molecule has 3 rings (SSSR count). The SMILES string of the molecule is O=[N+]([O-])c1ccc(CNC2CCN(c3ccc(F)nc3)C2)cc1. The summed E-state index contributed by atoms with van der Waals surface area (Å²) in [5, 5.41) is 14.1. The lowest BCUT2D eigenvalue weighted by Gasteiger charge is -2.18. The number of benzene rings is 1.